The zero-order valence-electron chi connectivity index (χ0n) is 10.3. The summed E-state index contributed by atoms with van der Waals surface area (Å²) in [5.41, 5.74) is 0. The van der Waals surface area contributed by atoms with Crippen LogP contribution in [-0.4, -0.2) is 36.2 Å². The number of rotatable bonds is 5. The highest BCUT2D eigenvalue weighted by atomic mass is 16.3. The summed E-state index contributed by atoms with van der Waals surface area (Å²) in [7, 11) is 0. The first-order valence-electron chi connectivity index (χ1n) is 6.32. The van der Waals surface area contributed by atoms with E-state index < -0.39 is 0 Å². The number of aliphatic hydroxyl groups excluding tert-OH is 1. The second kappa shape index (κ2) is 6.86. The molecule has 0 aromatic heterocycles. The Morgan fingerprint density at radius 1 is 1.38 bits per heavy atom. The fourth-order valence-corrected chi connectivity index (χ4v) is 2.11. The van der Waals surface area contributed by atoms with E-state index in [-0.39, 0.29) is 18.1 Å². The van der Waals surface area contributed by atoms with E-state index in [9.17, 15) is 9.90 Å². The predicted octanol–water partition coefficient (Wildman–Crippen LogP) is 0.652. The van der Waals surface area contributed by atoms with Crippen LogP contribution in [0.1, 0.15) is 39.5 Å². The largest absolute Gasteiger partial charge is 0.393 e. The van der Waals surface area contributed by atoms with Gasteiger partial charge in [0, 0.05) is 6.54 Å². The Balaban J connectivity index is 2.16. The van der Waals surface area contributed by atoms with Crippen LogP contribution in [0.2, 0.25) is 0 Å². The standard InChI is InChI=1S/C12H24N2O2/c1-3-13-12(16)9(2)14-8-10-4-6-11(15)7-5-10/h9-11,14-15H,3-8H2,1-2H3,(H,13,16). The van der Waals surface area contributed by atoms with Gasteiger partial charge in [-0.05, 0) is 52.0 Å². The fraction of sp³-hybridized carbons (Fsp3) is 0.917. The smallest absolute Gasteiger partial charge is 0.236 e. The van der Waals surface area contributed by atoms with Gasteiger partial charge in [0.2, 0.25) is 5.91 Å². The molecule has 1 saturated carbocycles. The summed E-state index contributed by atoms with van der Waals surface area (Å²) in [6, 6.07) is -0.119. The first kappa shape index (κ1) is 13.5. The number of aliphatic hydroxyl groups is 1. The van der Waals surface area contributed by atoms with Crippen LogP contribution in [0.25, 0.3) is 0 Å². The summed E-state index contributed by atoms with van der Waals surface area (Å²) < 4.78 is 0. The summed E-state index contributed by atoms with van der Waals surface area (Å²) in [6.45, 7) is 5.38. The molecule has 16 heavy (non-hydrogen) atoms. The van der Waals surface area contributed by atoms with E-state index in [1.165, 1.54) is 0 Å². The van der Waals surface area contributed by atoms with Crippen molar-refractivity contribution in [3.63, 3.8) is 0 Å². The van der Waals surface area contributed by atoms with E-state index in [1.807, 2.05) is 13.8 Å². The number of hydrogen-bond donors (Lipinski definition) is 3. The average molecular weight is 228 g/mol. The maximum Gasteiger partial charge on any atom is 0.236 e. The fourth-order valence-electron chi connectivity index (χ4n) is 2.11. The van der Waals surface area contributed by atoms with Crippen LogP contribution in [0.15, 0.2) is 0 Å². The molecule has 1 fully saturated rings. The van der Waals surface area contributed by atoms with Gasteiger partial charge in [-0.2, -0.15) is 0 Å². The lowest BCUT2D eigenvalue weighted by atomic mass is 9.87. The van der Waals surface area contributed by atoms with Crippen molar-refractivity contribution >= 4 is 5.91 Å². The van der Waals surface area contributed by atoms with Crippen LogP contribution >= 0.6 is 0 Å². The van der Waals surface area contributed by atoms with Crippen molar-refractivity contribution in [3.8, 4) is 0 Å². The Bertz CT molecular complexity index is 213. The number of nitrogens with one attached hydrogen (secondary N) is 2. The normalized spacial score (nSPS) is 27.4. The van der Waals surface area contributed by atoms with Crippen LogP contribution in [0.5, 0.6) is 0 Å². The van der Waals surface area contributed by atoms with E-state index in [1.54, 1.807) is 0 Å². The highest BCUT2D eigenvalue weighted by Gasteiger charge is 2.20. The molecule has 3 N–H and O–H groups in total. The summed E-state index contributed by atoms with van der Waals surface area (Å²) in [4.78, 5) is 11.5. The van der Waals surface area contributed by atoms with Crippen LogP contribution in [0.4, 0.5) is 0 Å². The first-order chi connectivity index (χ1) is 7.63. The minimum Gasteiger partial charge on any atom is -0.393 e. The van der Waals surface area contributed by atoms with Gasteiger partial charge in [0.1, 0.15) is 0 Å². The molecule has 1 atom stereocenters. The molecule has 0 spiro atoms. The van der Waals surface area contributed by atoms with E-state index in [0.29, 0.717) is 12.5 Å². The minimum atomic E-state index is -0.119. The predicted molar refractivity (Wildman–Crippen MR) is 64.1 cm³/mol. The number of likely N-dealkylation sites (N-methyl/N-ethyl adjacent to an activating group) is 1. The van der Waals surface area contributed by atoms with Gasteiger partial charge < -0.3 is 15.7 Å². The third-order valence-electron chi connectivity index (χ3n) is 3.27. The lowest BCUT2D eigenvalue weighted by Gasteiger charge is -2.26. The van der Waals surface area contributed by atoms with Crippen LogP contribution in [-0.2, 0) is 4.79 Å². The molecular weight excluding hydrogens is 204 g/mol. The quantitative estimate of drug-likeness (QED) is 0.647. The van der Waals surface area contributed by atoms with Gasteiger partial charge in [-0.25, -0.2) is 0 Å². The number of carbonyl (C=O) groups is 1. The third kappa shape index (κ3) is 4.49. The highest BCUT2D eigenvalue weighted by Crippen LogP contribution is 2.23. The van der Waals surface area contributed by atoms with Gasteiger partial charge in [0.05, 0.1) is 12.1 Å². The molecule has 4 nitrogen and oxygen atoms in total. The molecule has 1 aliphatic carbocycles. The van der Waals surface area contributed by atoms with E-state index in [2.05, 4.69) is 10.6 Å². The molecule has 0 aromatic rings. The Morgan fingerprint density at radius 3 is 2.56 bits per heavy atom. The van der Waals surface area contributed by atoms with Gasteiger partial charge in [-0.15, -0.1) is 0 Å². The Labute approximate surface area is 97.8 Å². The molecule has 1 amide bonds. The lowest BCUT2D eigenvalue weighted by Crippen LogP contribution is -2.44. The summed E-state index contributed by atoms with van der Waals surface area (Å²) in [5.74, 6) is 0.679. The van der Waals surface area contributed by atoms with Crippen molar-refractivity contribution in [1.29, 1.82) is 0 Å². The van der Waals surface area contributed by atoms with Crippen LogP contribution in [0, 0.1) is 5.92 Å². The maximum atomic E-state index is 11.5. The third-order valence-corrected chi connectivity index (χ3v) is 3.27. The Hall–Kier alpha value is -0.610. The topological polar surface area (TPSA) is 61.4 Å². The highest BCUT2D eigenvalue weighted by molar-refractivity contribution is 5.81. The zero-order chi connectivity index (χ0) is 12.0. The monoisotopic (exact) mass is 228 g/mol. The maximum absolute atomic E-state index is 11.5. The van der Waals surface area contributed by atoms with Gasteiger partial charge >= 0.3 is 0 Å². The molecule has 0 radical (unpaired) electrons. The van der Waals surface area contributed by atoms with Gasteiger partial charge in [0.15, 0.2) is 0 Å². The van der Waals surface area contributed by atoms with Crippen molar-refractivity contribution in [2.75, 3.05) is 13.1 Å². The van der Waals surface area contributed by atoms with E-state index in [0.717, 1.165) is 32.2 Å². The molecule has 4 heteroatoms. The SMILES string of the molecule is CCNC(=O)C(C)NCC1CCC(O)CC1. The Kier molecular flexibility index (Phi) is 5.77. The molecule has 1 aliphatic rings. The molecule has 1 unspecified atom stereocenters. The Morgan fingerprint density at radius 2 is 2.00 bits per heavy atom. The second-order valence-corrected chi connectivity index (χ2v) is 4.70. The van der Waals surface area contributed by atoms with Crippen molar-refractivity contribution in [2.24, 2.45) is 5.92 Å². The number of hydrogen-bond acceptors (Lipinski definition) is 3. The minimum absolute atomic E-state index is 0.0679. The van der Waals surface area contributed by atoms with Crippen LogP contribution in [0.3, 0.4) is 0 Å². The molecule has 94 valence electrons. The molecular formula is C12H24N2O2. The lowest BCUT2D eigenvalue weighted by molar-refractivity contribution is -0.122. The van der Waals surface area contributed by atoms with E-state index in [4.69, 9.17) is 0 Å². The molecule has 0 saturated heterocycles. The molecule has 0 heterocycles. The van der Waals surface area contributed by atoms with Crippen molar-refractivity contribution in [3.05, 3.63) is 0 Å². The molecule has 0 aliphatic heterocycles. The first-order valence-corrected chi connectivity index (χ1v) is 6.32. The average Bonchev–Trinajstić information content (AvgIpc) is 2.28. The summed E-state index contributed by atoms with van der Waals surface area (Å²) in [5, 5.41) is 15.4. The summed E-state index contributed by atoms with van der Waals surface area (Å²) in [6.07, 6.45) is 3.84. The zero-order valence-corrected chi connectivity index (χ0v) is 10.3. The molecule has 0 bridgehead atoms. The molecule has 1 rings (SSSR count). The van der Waals surface area contributed by atoms with Gasteiger partial charge in [-0.3, -0.25) is 4.79 Å². The van der Waals surface area contributed by atoms with Crippen LogP contribution < -0.4 is 10.6 Å². The van der Waals surface area contributed by atoms with Crippen molar-refractivity contribution in [1.82, 2.24) is 10.6 Å². The van der Waals surface area contributed by atoms with E-state index >= 15 is 0 Å². The van der Waals surface area contributed by atoms with Crippen molar-refractivity contribution < 1.29 is 9.90 Å². The number of amides is 1. The second-order valence-electron chi connectivity index (χ2n) is 4.70. The number of carbonyl (C=O) groups excluding carboxylic acids is 1. The van der Waals surface area contributed by atoms with Crippen molar-refractivity contribution in [2.45, 2.75) is 51.7 Å². The van der Waals surface area contributed by atoms with Gasteiger partial charge in [0.25, 0.3) is 0 Å². The van der Waals surface area contributed by atoms with Gasteiger partial charge in [-0.1, -0.05) is 0 Å². The summed E-state index contributed by atoms with van der Waals surface area (Å²) >= 11 is 0. The molecule has 0 aromatic carbocycles.